The van der Waals surface area contributed by atoms with Crippen molar-refractivity contribution in [2.75, 3.05) is 34.3 Å². The number of carbonyl (C=O) groups is 2. The number of nitrogens with zero attached hydrogens (tertiary/aromatic N) is 2. The number of carbonyl (C=O) groups excluding carboxylic acids is 2. The fourth-order valence-corrected chi connectivity index (χ4v) is 3.42. The summed E-state index contributed by atoms with van der Waals surface area (Å²) in [6.45, 7) is 0.591. The zero-order valence-electron chi connectivity index (χ0n) is 16.9. The largest absolute Gasteiger partial charge is 0.507 e. The number of aromatic hydroxyl groups is 1. The smallest absolute Gasteiger partial charge is 0.295 e. The second-order valence-electron chi connectivity index (χ2n) is 7.20. The van der Waals surface area contributed by atoms with E-state index < -0.39 is 29.3 Å². The second-order valence-corrected chi connectivity index (χ2v) is 7.20. The Morgan fingerprint density at radius 2 is 1.90 bits per heavy atom. The first kappa shape index (κ1) is 21.3. The molecule has 158 valence electrons. The monoisotopic (exact) mass is 414 g/mol. The number of likely N-dealkylation sites (N-methyl/N-ethyl adjacent to an activating group) is 1. The third-order valence-electron chi connectivity index (χ3n) is 4.99. The number of Topliss-reactive ketones (excluding diaryl/α,β-unsaturated/α-hetero) is 1. The Balaban J connectivity index is 2.19. The lowest BCUT2D eigenvalue weighted by molar-refractivity contribution is -0.140. The number of phenolic OH excluding ortho intramolecular Hbond substituents is 1. The number of methoxy groups -OCH3 is 1. The van der Waals surface area contributed by atoms with E-state index in [1.165, 1.54) is 48.4 Å². The van der Waals surface area contributed by atoms with Crippen molar-refractivity contribution in [3.63, 3.8) is 0 Å². The molecule has 8 heteroatoms. The lowest BCUT2D eigenvalue weighted by Gasteiger charge is -2.26. The van der Waals surface area contributed by atoms with Crippen molar-refractivity contribution >= 4 is 17.4 Å². The van der Waals surface area contributed by atoms with Gasteiger partial charge < -0.3 is 24.7 Å². The molecule has 0 unspecified atom stereocenters. The number of ketones is 1. The Bertz CT molecular complexity index is 1020. The number of hydrogen-bond donors (Lipinski definition) is 2. The van der Waals surface area contributed by atoms with E-state index in [0.29, 0.717) is 12.3 Å². The minimum absolute atomic E-state index is 0.0530. The number of aliphatic hydroxyl groups is 1. The summed E-state index contributed by atoms with van der Waals surface area (Å²) in [6.07, 6.45) is 0. The van der Waals surface area contributed by atoms with Gasteiger partial charge in [0.25, 0.3) is 11.7 Å². The SMILES string of the molecule is COc1ccc(C(O)=C2C(=O)C(=O)N(CCN(C)C)[C@@H]2c2ccccc2F)c(O)c1. The Kier molecular flexibility index (Phi) is 6.07. The molecule has 1 atom stereocenters. The third kappa shape index (κ3) is 3.86. The molecular weight excluding hydrogens is 391 g/mol. The number of phenols is 1. The maximum absolute atomic E-state index is 14.7. The highest BCUT2D eigenvalue weighted by Gasteiger charge is 2.47. The molecule has 3 rings (SSSR count). The maximum Gasteiger partial charge on any atom is 0.295 e. The summed E-state index contributed by atoms with van der Waals surface area (Å²) in [5.74, 6) is -2.94. The molecule has 0 aromatic heterocycles. The van der Waals surface area contributed by atoms with Gasteiger partial charge in [-0.15, -0.1) is 0 Å². The molecule has 7 nitrogen and oxygen atoms in total. The number of halogens is 1. The Morgan fingerprint density at radius 3 is 2.50 bits per heavy atom. The number of hydrogen-bond acceptors (Lipinski definition) is 6. The molecule has 30 heavy (non-hydrogen) atoms. The summed E-state index contributed by atoms with van der Waals surface area (Å²) in [7, 11) is 5.04. The summed E-state index contributed by atoms with van der Waals surface area (Å²) in [5.41, 5.74) is -0.239. The molecule has 0 saturated carbocycles. The number of aliphatic hydroxyl groups excluding tert-OH is 1. The summed E-state index contributed by atoms with van der Waals surface area (Å²) in [6, 6.07) is 8.81. The molecule has 2 N–H and O–H groups in total. The number of benzene rings is 2. The van der Waals surface area contributed by atoms with Gasteiger partial charge in [-0.3, -0.25) is 9.59 Å². The van der Waals surface area contributed by atoms with E-state index in [4.69, 9.17) is 4.74 Å². The van der Waals surface area contributed by atoms with Crippen LogP contribution in [-0.4, -0.2) is 66.0 Å². The number of amides is 1. The minimum Gasteiger partial charge on any atom is -0.507 e. The Morgan fingerprint density at radius 1 is 1.20 bits per heavy atom. The molecule has 2 aromatic carbocycles. The van der Waals surface area contributed by atoms with Crippen molar-refractivity contribution in [3.8, 4) is 11.5 Å². The molecule has 0 radical (unpaired) electrons. The predicted octanol–water partition coefficient (Wildman–Crippen LogP) is 2.52. The van der Waals surface area contributed by atoms with Gasteiger partial charge in [0, 0.05) is 24.7 Å². The molecule has 0 bridgehead atoms. The standard InChI is InChI=1S/C22H23FN2O5/c1-24(2)10-11-25-19(14-6-4-5-7-16(14)23)18(21(28)22(25)29)20(27)15-9-8-13(30-3)12-17(15)26/h4-9,12,19,26-27H,10-11H2,1-3H3/t19-/m1/s1. The van der Waals surface area contributed by atoms with Crippen LogP contribution in [0.1, 0.15) is 17.2 Å². The van der Waals surface area contributed by atoms with Gasteiger partial charge in [0.05, 0.1) is 24.3 Å². The molecule has 1 heterocycles. The molecule has 1 aliphatic rings. The van der Waals surface area contributed by atoms with Crippen molar-refractivity contribution < 1.29 is 28.9 Å². The summed E-state index contributed by atoms with van der Waals surface area (Å²) in [4.78, 5) is 28.7. The molecule has 2 aromatic rings. The fraction of sp³-hybridized carbons (Fsp3) is 0.273. The van der Waals surface area contributed by atoms with Crippen molar-refractivity contribution in [1.29, 1.82) is 0 Å². The van der Waals surface area contributed by atoms with Crippen LogP contribution in [0.3, 0.4) is 0 Å². The first-order chi connectivity index (χ1) is 14.3. The third-order valence-corrected chi connectivity index (χ3v) is 4.99. The Hall–Kier alpha value is -3.39. The topological polar surface area (TPSA) is 90.3 Å². The van der Waals surface area contributed by atoms with Gasteiger partial charge in [-0.25, -0.2) is 4.39 Å². The molecule has 1 fully saturated rings. The number of likely N-dealkylation sites (tertiary alicyclic amines) is 1. The van der Waals surface area contributed by atoms with Crippen LogP contribution in [0.2, 0.25) is 0 Å². The predicted molar refractivity (Wildman–Crippen MR) is 109 cm³/mol. The van der Waals surface area contributed by atoms with E-state index in [0.717, 1.165) is 0 Å². The van der Waals surface area contributed by atoms with Gasteiger partial charge in [-0.05, 0) is 32.3 Å². The molecule has 0 aliphatic carbocycles. The van der Waals surface area contributed by atoms with Gasteiger partial charge in [-0.1, -0.05) is 18.2 Å². The molecular formula is C22H23FN2O5. The van der Waals surface area contributed by atoms with E-state index >= 15 is 0 Å². The van der Waals surface area contributed by atoms with Crippen LogP contribution in [0.15, 0.2) is 48.0 Å². The Labute approximate surface area is 173 Å². The quantitative estimate of drug-likeness (QED) is 0.429. The number of ether oxygens (including phenoxy) is 1. The van der Waals surface area contributed by atoms with Crippen LogP contribution < -0.4 is 4.74 Å². The average Bonchev–Trinajstić information content (AvgIpc) is 2.96. The first-order valence-electron chi connectivity index (χ1n) is 9.31. The van der Waals surface area contributed by atoms with Crippen molar-refractivity contribution in [2.24, 2.45) is 0 Å². The lowest BCUT2D eigenvalue weighted by atomic mass is 9.94. The first-order valence-corrected chi connectivity index (χ1v) is 9.31. The van der Waals surface area contributed by atoms with Crippen LogP contribution in [-0.2, 0) is 9.59 Å². The van der Waals surface area contributed by atoms with Gasteiger partial charge in [0.15, 0.2) is 0 Å². The zero-order chi connectivity index (χ0) is 22.0. The normalized spacial score (nSPS) is 18.3. The van der Waals surface area contributed by atoms with Crippen LogP contribution in [0.5, 0.6) is 11.5 Å². The van der Waals surface area contributed by atoms with Gasteiger partial charge in [0.2, 0.25) is 0 Å². The van der Waals surface area contributed by atoms with Gasteiger partial charge in [0.1, 0.15) is 23.1 Å². The summed E-state index contributed by atoms with van der Waals surface area (Å²) in [5, 5.41) is 21.2. The average molecular weight is 414 g/mol. The van der Waals surface area contributed by atoms with E-state index in [1.807, 2.05) is 19.0 Å². The van der Waals surface area contributed by atoms with Gasteiger partial charge in [-0.2, -0.15) is 0 Å². The van der Waals surface area contributed by atoms with Crippen molar-refractivity contribution in [2.45, 2.75) is 6.04 Å². The highest BCUT2D eigenvalue weighted by Crippen LogP contribution is 2.41. The maximum atomic E-state index is 14.7. The molecule has 0 spiro atoms. The van der Waals surface area contributed by atoms with Crippen molar-refractivity contribution in [1.82, 2.24) is 9.80 Å². The van der Waals surface area contributed by atoms with Crippen LogP contribution >= 0.6 is 0 Å². The minimum atomic E-state index is -1.12. The van der Waals surface area contributed by atoms with E-state index in [9.17, 15) is 24.2 Å². The highest BCUT2D eigenvalue weighted by atomic mass is 19.1. The van der Waals surface area contributed by atoms with E-state index in [-0.39, 0.29) is 29.0 Å². The van der Waals surface area contributed by atoms with E-state index in [1.54, 1.807) is 6.07 Å². The molecule has 1 saturated heterocycles. The fourth-order valence-electron chi connectivity index (χ4n) is 3.42. The highest BCUT2D eigenvalue weighted by molar-refractivity contribution is 6.46. The number of rotatable bonds is 6. The van der Waals surface area contributed by atoms with Crippen LogP contribution in [0.25, 0.3) is 5.76 Å². The molecule has 1 amide bonds. The summed E-state index contributed by atoms with van der Waals surface area (Å²) >= 11 is 0. The van der Waals surface area contributed by atoms with Gasteiger partial charge >= 0.3 is 0 Å². The zero-order valence-corrected chi connectivity index (χ0v) is 16.9. The van der Waals surface area contributed by atoms with E-state index in [2.05, 4.69) is 0 Å². The second kappa shape index (κ2) is 8.54. The molecule has 1 aliphatic heterocycles. The van der Waals surface area contributed by atoms with Crippen LogP contribution in [0, 0.1) is 5.82 Å². The van der Waals surface area contributed by atoms with Crippen LogP contribution in [0.4, 0.5) is 4.39 Å². The lowest BCUT2D eigenvalue weighted by Crippen LogP contribution is -2.35. The van der Waals surface area contributed by atoms with Crippen molar-refractivity contribution in [3.05, 3.63) is 65.0 Å². The summed E-state index contributed by atoms with van der Waals surface area (Å²) < 4.78 is 19.7.